The summed E-state index contributed by atoms with van der Waals surface area (Å²) in [4.78, 5) is 4.58. The molecule has 2 aliphatic heterocycles. The Morgan fingerprint density at radius 2 is 2.00 bits per heavy atom. The molecule has 0 aromatic carbocycles. The lowest BCUT2D eigenvalue weighted by Crippen LogP contribution is -2.24. The number of nitrogens with zero attached hydrogens (tertiary/aromatic N) is 3. The van der Waals surface area contributed by atoms with Gasteiger partial charge in [-0.15, -0.1) is 0 Å². The summed E-state index contributed by atoms with van der Waals surface area (Å²) in [6.45, 7) is 0.987. The zero-order chi connectivity index (χ0) is 12.6. The lowest BCUT2D eigenvalue weighted by molar-refractivity contribution is 0.447. The first-order chi connectivity index (χ1) is 8.62. The number of aryl methyl sites for hydroxylation is 2. The van der Waals surface area contributed by atoms with Crippen LogP contribution in [0.5, 0.6) is 0 Å². The third-order valence-electron chi connectivity index (χ3n) is 3.96. The van der Waals surface area contributed by atoms with Crippen LogP contribution < -0.4 is 0 Å². The van der Waals surface area contributed by atoms with Crippen molar-refractivity contribution < 1.29 is 8.42 Å². The molecule has 0 saturated carbocycles. The summed E-state index contributed by atoms with van der Waals surface area (Å²) in [6, 6.07) is 0. The summed E-state index contributed by atoms with van der Waals surface area (Å²) in [5.41, 5.74) is 0. The van der Waals surface area contributed by atoms with E-state index >= 15 is 0 Å². The summed E-state index contributed by atoms with van der Waals surface area (Å²) in [6.07, 6.45) is 5.82. The van der Waals surface area contributed by atoms with Crippen molar-refractivity contribution in [2.75, 3.05) is 11.5 Å². The molecule has 0 spiro atoms. The lowest BCUT2D eigenvalue weighted by Gasteiger charge is -2.20. The Hall–Kier alpha value is -0.910. The predicted molar refractivity (Wildman–Crippen MR) is 68.0 cm³/mol. The fourth-order valence-electron chi connectivity index (χ4n) is 2.82. The smallest absolute Gasteiger partial charge is 0.151 e. The first-order valence-electron chi connectivity index (χ1n) is 6.75. The SMILES string of the molecule is O=S1(=O)CCC(Cc2nc3n(n2)CCCC3)CC1. The van der Waals surface area contributed by atoms with Crippen LogP contribution in [0.3, 0.4) is 0 Å². The lowest BCUT2D eigenvalue weighted by atomic mass is 9.99. The third kappa shape index (κ3) is 2.58. The minimum Gasteiger partial charge on any atom is -0.250 e. The average molecular weight is 269 g/mol. The summed E-state index contributed by atoms with van der Waals surface area (Å²) in [5.74, 6) is 3.14. The van der Waals surface area contributed by atoms with Crippen LogP contribution in [0.4, 0.5) is 0 Å². The maximum Gasteiger partial charge on any atom is 0.151 e. The summed E-state index contributed by atoms with van der Waals surface area (Å²) in [5, 5.41) is 4.54. The van der Waals surface area contributed by atoms with Crippen molar-refractivity contribution in [3.05, 3.63) is 11.6 Å². The van der Waals surface area contributed by atoms with Gasteiger partial charge in [0.15, 0.2) is 5.82 Å². The van der Waals surface area contributed by atoms with Crippen molar-refractivity contribution in [3.8, 4) is 0 Å². The molecule has 1 fully saturated rings. The molecule has 0 unspecified atom stereocenters. The van der Waals surface area contributed by atoms with Gasteiger partial charge in [-0.3, -0.25) is 0 Å². The topological polar surface area (TPSA) is 64.8 Å². The zero-order valence-corrected chi connectivity index (χ0v) is 11.3. The molecule has 0 atom stereocenters. The van der Waals surface area contributed by atoms with Crippen LogP contribution in [-0.4, -0.2) is 34.7 Å². The summed E-state index contributed by atoms with van der Waals surface area (Å²) >= 11 is 0. The van der Waals surface area contributed by atoms with Crippen LogP contribution in [0.1, 0.15) is 37.3 Å². The van der Waals surface area contributed by atoms with Gasteiger partial charge in [0.1, 0.15) is 15.7 Å². The Bertz CT molecular complexity index is 498. The van der Waals surface area contributed by atoms with Crippen molar-refractivity contribution >= 4 is 9.84 Å². The van der Waals surface area contributed by atoms with Crippen molar-refractivity contribution in [3.63, 3.8) is 0 Å². The third-order valence-corrected chi connectivity index (χ3v) is 5.67. The number of hydrogen-bond donors (Lipinski definition) is 0. The average Bonchev–Trinajstić information content (AvgIpc) is 2.74. The minimum atomic E-state index is -2.76. The van der Waals surface area contributed by atoms with Gasteiger partial charge in [-0.1, -0.05) is 0 Å². The second-order valence-electron chi connectivity index (χ2n) is 5.42. The normalized spacial score (nSPS) is 23.8. The minimum absolute atomic E-state index is 0.339. The van der Waals surface area contributed by atoms with E-state index in [2.05, 4.69) is 10.1 Å². The molecule has 18 heavy (non-hydrogen) atoms. The Balaban J connectivity index is 1.65. The second-order valence-corrected chi connectivity index (χ2v) is 7.73. The van der Waals surface area contributed by atoms with Gasteiger partial charge in [-0.05, 0) is 31.6 Å². The second kappa shape index (κ2) is 4.64. The maximum atomic E-state index is 11.4. The standard InChI is InChI=1S/C12H19N3O2S/c16-18(17)7-4-10(5-8-18)9-11-13-12-3-1-2-6-15(12)14-11/h10H,1-9H2. The van der Waals surface area contributed by atoms with Crippen LogP contribution >= 0.6 is 0 Å². The van der Waals surface area contributed by atoms with E-state index in [9.17, 15) is 8.42 Å². The van der Waals surface area contributed by atoms with Crippen molar-refractivity contribution in [1.29, 1.82) is 0 Å². The number of fused-ring (bicyclic) bond motifs is 1. The van der Waals surface area contributed by atoms with Crippen molar-refractivity contribution in [1.82, 2.24) is 14.8 Å². The van der Waals surface area contributed by atoms with Gasteiger partial charge in [0.2, 0.25) is 0 Å². The maximum absolute atomic E-state index is 11.4. The molecular formula is C12H19N3O2S. The fraction of sp³-hybridized carbons (Fsp3) is 0.833. The van der Waals surface area contributed by atoms with E-state index in [0.717, 1.165) is 43.9 Å². The first kappa shape index (κ1) is 12.1. The van der Waals surface area contributed by atoms with E-state index in [1.807, 2.05) is 4.68 Å². The molecule has 2 aliphatic rings. The number of hydrogen-bond acceptors (Lipinski definition) is 4. The van der Waals surface area contributed by atoms with E-state index in [1.54, 1.807) is 0 Å². The fourth-order valence-corrected chi connectivity index (χ4v) is 4.41. The van der Waals surface area contributed by atoms with Crippen molar-refractivity contribution in [2.45, 2.75) is 45.1 Å². The molecule has 0 N–H and O–H groups in total. The molecule has 1 aromatic heterocycles. The van der Waals surface area contributed by atoms with E-state index in [4.69, 9.17) is 0 Å². The van der Waals surface area contributed by atoms with Gasteiger partial charge in [0.25, 0.3) is 0 Å². The Labute approximate surface area is 108 Å². The first-order valence-corrected chi connectivity index (χ1v) is 8.57. The van der Waals surface area contributed by atoms with Crippen LogP contribution in [-0.2, 0) is 29.2 Å². The van der Waals surface area contributed by atoms with E-state index in [-0.39, 0.29) is 0 Å². The highest BCUT2D eigenvalue weighted by atomic mass is 32.2. The van der Waals surface area contributed by atoms with Crippen LogP contribution in [0, 0.1) is 5.92 Å². The molecule has 3 heterocycles. The highest BCUT2D eigenvalue weighted by molar-refractivity contribution is 7.91. The molecule has 0 radical (unpaired) electrons. The Morgan fingerprint density at radius 1 is 1.22 bits per heavy atom. The molecule has 6 heteroatoms. The molecule has 100 valence electrons. The van der Waals surface area contributed by atoms with Gasteiger partial charge in [0.05, 0.1) is 11.5 Å². The zero-order valence-electron chi connectivity index (χ0n) is 10.5. The number of aromatic nitrogens is 3. The molecule has 5 nitrogen and oxygen atoms in total. The largest absolute Gasteiger partial charge is 0.250 e. The van der Waals surface area contributed by atoms with E-state index in [1.165, 1.54) is 12.8 Å². The van der Waals surface area contributed by atoms with Crippen LogP contribution in [0.2, 0.25) is 0 Å². The number of rotatable bonds is 2. The van der Waals surface area contributed by atoms with Crippen LogP contribution in [0.15, 0.2) is 0 Å². The number of sulfone groups is 1. The van der Waals surface area contributed by atoms with Gasteiger partial charge in [-0.25, -0.2) is 18.1 Å². The highest BCUT2D eigenvalue weighted by Crippen LogP contribution is 2.22. The van der Waals surface area contributed by atoms with Crippen molar-refractivity contribution in [2.24, 2.45) is 5.92 Å². The predicted octanol–water partition coefficient (Wildman–Crippen LogP) is 0.982. The van der Waals surface area contributed by atoms with Gasteiger partial charge < -0.3 is 0 Å². The van der Waals surface area contributed by atoms with Gasteiger partial charge in [-0.2, -0.15) is 5.10 Å². The molecule has 0 bridgehead atoms. The molecular weight excluding hydrogens is 250 g/mol. The molecule has 0 amide bonds. The van der Waals surface area contributed by atoms with Crippen LogP contribution in [0.25, 0.3) is 0 Å². The summed E-state index contributed by atoms with van der Waals surface area (Å²) < 4.78 is 24.8. The van der Waals surface area contributed by atoms with Gasteiger partial charge >= 0.3 is 0 Å². The highest BCUT2D eigenvalue weighted by Gasteiger charge is 2.25. The molecule has 3 rings (SSSR count). The summed E-state index contributed by atoms with van der Waals surface area (Å²) in [7, 11) is -2.76. The molecule has 1 saturated heterocycles. The quantitative estimate of drug-likeness (QED) is 0.803. The molecule has 1 aromatic rings. The van der Waals surface area contributed by atoms with E-state index in [0.29, 0.717) is 17.4 Å². The monoisotopic (exact) mass is 269 g/mol. The van der Waals surface area contributed by atoms with Gasteiger partial charge in [0, 0.05) is 19.4 Å². The van der Waals surface area contributed by atoms with E-state index < -0.39 is 9.84 Å². The Kier molecular flexibility index (Phi) is 3.13. The Morgan fingerprint density at radius 3 is 2.72 bits per heavy atom. The molecule has 0 aliphatic carbocycles.